The van der Waals surface area contributed by atoms with Gasteiger partial charge in [0.15, 0.2) is 0 Å². The molecular formula is C10H9N3O. The van der Waals surface area contributed by atoms with Crippen LogP contribution in [-0.4, -0.2) is 11.9 Å². The summed E-state index contributed by atoms with van der Waals surface area (Å²) in [6, 6.07) is 6.76. The molecule has 0 saturated heterocycles. The van der Waals surface area contributed by atoms with Crippen molar-refractivity contribution >= 4 is 11.6 Å². The molecule has 1 aromatic carbocycles. The Balaban J connectivity index is 2.44. The van der Waals surface area contributed by atoms with E-state index in [4.69, 9.17) is 11.0 Å². The van der Waals surface area contributed by atoms with E-state index in [9.17, 15) is 4.79 Å². The van der Waals surface area contributed by atoms with Crippen molar-refractivity contribution in [3.63, 3.8) is 0 Å². The predicted molar refractivity (Wildman–Crippen MR) is 51.5 cm³/mol. The van der Waals surface area contributed by atoms with Crippen LogP contribution in [0, 0.1) is 11.3 Å². The first-order chi connectivity index (χ1) is 6.70. The summed E-state index contributed by atoms with van der Waals surface area (Å²) in [6.45, 7) is 0. The van der Waals surface area contributed by atoms with Crippen molar-refractivity contribution < 1.29 is 4.79 Å². The highest BCUT2D eigenvalue weighted by Crippen LogP contribution is 2.22. The Bertz CT molecular complexity index is 433. The Kier molecular flexibility index (Phi) is 1.95. The first kappa shape index (κ1) is 8.73. The Morgan fingerprint density at radius 1 is 1.57 bits per heavy atom. The molecule has 1 aliphatic heterocycles. The van der Waals surface area contributed by atoms with Gasteiger partial charge in [0.1, 0.15) is 0 Å². The smallest absolute Gasteiger partial charge is 0.241 e. The minimum Gasteiger partial charge on any atom is -0.324 e. The van der Waals surface area contributed by atoms with Crippen molar-refractivity contribution in [2.45, 2.75) is 12.5 Å². The number of nitrogens with one attached hydrogen (secondary N) is 1. The lowest BCUT2D eigenvalue weighted by atomic mass is 9.98. The van der Waals surface area contributed by atoms with Gasteiger partial charge in [-0.25, -0.2) is 0 Å². The van der Waals surface area contributed by atoms with Crippen LogP contribution in [0.3, 0.4) is 0 Å². The second kappa shape index (κ2) is 3.13. The Hall–Kier alpha value is -1.86. The molecule has 0 bridgehead atoms. The molecule has 0 saturated carbocycles. The SMILES string of the molecule is N#Cc1ccc2c(c1)NC(=O)[C@@H](N)C2. The van der Waals surface area contributed by atoms with E-state index in [1.165, 1.54) is 0 Å². The van der Waals surface area contributed by atoms with E-state index in [-0.39, 0.29) is 5.91 Å². The van der Waals surface area contributed by atoms with E-state index in [2.05, 4.69) is 5.32 Å². The molecule has 1 amide bonds. The van der Waals surface area contributed by atoms with Gasteiger partial charge in [0.2, 0.25) is 5.91 Å². The Morgan fingerprint density at radius 2 is 2.36 bits per heavy atom. The van der Waals surface area contributed by atoms with Crippen LogP contribution >= 0.6 is 0 Å². The zero-order valence-electron chi connectivity index (χ0n) is 7.45. The number of amides is 1. The molecular weight excluding hydrogens is 178 g/mol. The molecule has 4 heteroatoms. The van der Waals surface area contributed by atoms with Crippen LogP contribution in [0.4, 0.5) is 5.69 Å². The standard InChI is InChI=1S/C10H9N3O/c11-5-6-1-2-7-4-8(12)10(14)13-9(7)3-6/h1-3,8H,4,12H2,(H,13,14)/t8-/m0/s1. The summed E-state index contributed by atoms with van der Waals surface area (Å²) in [7, 11) is 0. The molecule has 4 nitrogen and oxygen atoms in total. The first-order valence-electron chi connectivity index (χ1n) is 4.30. The van der Waals surface area contributed by atoms with E-state index in [0.29, 0.717) is 17.7 Å². The number of nitriles is 1. The highest BCUT2D eigenvalue weighted by Gasteiger charge is 2.22. The van der Waals surface area contributed by atoms with Gasteiger partial charge in [-0.05, 0) is 24.1 Å². The van der Waals surface area contributed by atoms with Gasteiger partial charge in [-0.3, -0.25) is 4.79 Å². The van der Waals surface area contributed by atoms with E-state index in [0.717, 1.165) is 5.56 Å². The lowest BCUT2D eigenvalue weighted by Crippen LogP contribution is -2.41. The largest absolute Gasteiger partial charge is 0.324 e. The van der Waals surface area contributed by atoms with Crippen LogP contribution in [0.15, 0.2) is 18.2 Å². The van der Waals surface area contributed by atoms with Crippen LogP contribution < -0.4 is 11.1 Å². The summed E-state index contributed by atoms with van der Waals surface area (Å²) in [5, 5.41) is 11.3. The van der Waals surface area contributed by atoms with E-state index < -0.39 is 6.04 Å². The summed E-state index contributed by atoms with van der Waals surface area (Å²) in [6.07, 6.45) is 0.535. The third-order valence-corrected chi connectivity index (χ3v) is 2.27. The normalized spacial score (nSPS) is 19.4. The number of hydrogen-bond acceptors (Lipinski definition) is 3. The minimum absolute atomic E-state index is 0.187. The third-order valence-electron chi connectivity index (χ3n) is 2.27. The first-order valence-corrected chi connectivity index (χ1v) is 4.30. The second-order valence-electron chi connectivity index (χ2n) is 3.28. The summed E-state index contributed by atoms with van der Waals surface area (Å²) in [4.78, 5) is 11.2. The molecule has 0 aliphatic carbocycles. The van der Waals surface area contributed by atoms with Crippen molar-refractivity contribution in [3.8, 4) is 6.07 Å². The monoisotopic (exact) mass is 187 g/mol. The van der Waals surface area contributed by atoms with Gasteiger partial charge >= 0.3 is 0 Å². The van der Waals surface area contributed by atoms with Gasteiger partial charge in [0.25, 0.3) is 0 Å². The highest BCUT2D eigenvalue weighted by atomic mass is 16.2. The molecule has 0 aromatic heterocycles. The lowest BCUT2D eigenvalue weighted by molar-refractivity contribution is -0.117. The van der Waals surface area contributed by atoms with Gasteiger partial charge in [-0.1, -0.05) is 6.07 Å². The number of carbonyl (C=O) groups excluding carboxylic acids is 1. The van der Waals surface area contributed by atoms with E-state index >= 15 is 0 Å². The molecule has 0 fully saturated rings. The fraction of sp³-hybridized carbons (Fsp3) is 0.200. The molecule has 3 N–H and O–H groups in total. The quantitative estimate of drug-likeness (QED) is 0.616. The topological polar surface area (TPSA) is 78.9 Å². The fourth-order valence-corrected chi connectivity index (χ4v) is 1.50. The molecule has 1 aliphatic rings. The number of rotatable bonds is 0. The maximum atomic E-state index is 11.2. The molecule has 0 radical (unpaired) electrons. The van der Waals surface area contributed by atoms with Gasteiger partial charge in [0, 0.05) is 5.69 Å². The van der Waals surface area contributed by atoms with Gasteiger partial charge in [0.05, 0.1) is 17.7 Å². The summed E-state index contributed by atoms with van der Waals surface area (Å²) in [5.74, 6) is -0.187. The van der Waals surface area contributed by atoms with E-state index in [1.807, 2.05) is 12.1 Å². The third kappa shape index (κ3) is 1.34. The molecule has 0 unspecified atom stereocenters. The summed E-state index contributed by atoms with van der Waals surface area (Å²) >= 11 is 0. The molecule has 1 heterocycles. The average Bonchev–Trinajstić information content (AvgIpc) is 2.19. The van der Waals surface area contributed by atoms with Crippen molar-refractivity contribution in [2.75, 3.05) is 5.32 Å². The van der Waals surface area contributed by atoms with Gasteiger partial charge in [-0.2, -0.15) is 5.26 Å². The summed E-state index contributed by atoms with van der Waals surface area (Å²) in [5.41, 5.74) is 7.81. The second-order valence-corrected chi connectivity index (χ2v) is 3.28. The molecule has 70 valence electrons. The molecule has 2 rings (SSSR count). The van der Waals surface area contributed by atoms with Gasteiger partial charge < -0.3 is 11.1 Å². The van der Waals surface area contributed by atoms with Crippen LogP contribution in [-0.2, 0) is 11.2 Å². The number of nitrogens with zero attached hydrogens (tertiary/aromatic N) is 1. The fourth-order valence-electron chi connectivity index (χ4n) is 1.50. The number of hydrogen-bond donors (Lipinski definition) is 2. The lowest BCUT2D eigenvalue weighted by Gasteiger charge is -2.21. The Morgan fingerprint density at radius 3 is 3.07 bits per heavy atom. The minimum atomic E-state index is -0.476. The summed E-state index contributed by atoms with van der Waals surface area (Å²) < 4.78 is 0. The van der Waals surface area contributed by atoms with Crippen LogP contribution in [0.25, 0.3) is 0 Å². The van der Waals surface area contributed by atoms with Gasteiger partial charge in [-0.15, -0.1) is 0 Å². The number of fused-ring (bicyclic) bond motifs is 1. The molecule has 1 atom stereocenters. The average molecular weight is 187 g/mol. The predicted octanol–water partition coefficient (Wildman–Crippen LogP) is 0.380. The van der Waals surface area contributed by atoms with Crippen molar-refractivity contribution in [1.82, 2.24) is 0 Å². The highest BCUT2D eigenvalue weighted by molar-refractivity contribution is 5.98. The zero-order valence-corrected chi connectivity index (χ0v) is 7.45. The number of nitrogens with two attached hydrogens (primary N) is 1. The number of benzene rings is 1. The van der Waals surface area contributed by atoms with Crippen LogP contribution in [0.2, 0.25) is 0 Å². The molecule has 14 heavy (non-hydrogen) atoms. The van der Waals surface area contributed by atoms with Crippen LogP contribution in [0.5, 0.6) is 0 Å². The van der Waals surface area contributed by atoms with Crippen molar-refractivity contribution in [1.29, 1.82) is 5.26 Å². The van der Waals surface area contributed by atoms with E-state index in [1.54, 1.807) is 12.1 Å². The maximum Gasteiger partial charge on any atom is 0.241 e. The van der Waals surface area contributed by atoms with Crippen molar-refractivity contribution in [2.24, 2.45) is 5.73 Å². The molecule has 0 spiro atoms. The van der Waals surface area contributed by atoms with Crippen LogP contribution in [0.1, 0.15) is 11.1 Å². The number of anilines is 1. The zero-order chi connectivity index (χ0) is 10.1. The number of carbonyl (C=O) groups is 1. The maximum absolute atomic E-state index is 11.2. The molecule has 1 aromatic rings. The Labute approximate surface area is 81.3 Å². The van der Waals surface area contributed by atoms with Crippen molar-refractivity contribution in [3.05, 3.63) is 29.3 Å².